The minimum Gasteiger partial charge on any atom is -0.312 e. The average Bonchev–Trinajstić information content (AvgIpc) is 2.88. The van der Waals surface area contributed by atoms with Gasteiger partial charge in [0.25, 0.3) is 10.0 Å². The third kappa shape index (κ3) is 3.86. The van der Waals surface area contributed by atoms with Crippen LogP contribution in [0.4, 0.5) is 0 Å². The van der Waals surface area contributed by atoms with E-state index in [1.54, 1.807) is 10.4 Å². The van der Waals surface area contributed by atoms with Crippen molar-refractivity contribution in [2.75, 3.05) is 6.54 Å². The molecule has 1 aliphatic rings. The van der Waals surface area contributed by atoms with E-state index in [-0.39, 0.29) is 12.1 Å². The summed E-state index contributed by atoms with van der Waals surface area (Å²) in [5.74, 6) is 0. The second-order valence-corrected chi connectivity index (χ2v) is 9.10. The summed E-state index contributed by atoms with van der Waals surface area (Å²) in [4.78, 5) is 1.08. The van der Waals surface area contributed by atoms with Crippen LogP contribution in [0.1, 0.15) is 51.3 Å². The molecular weight excluding hydrogens is 304 g/mol. The van der Waals surface area contributed by atoms with E-state index >= 15 is 0 Å². The number of sulfonamides is 1. The zero-order valence-electron chi connectivity index (χ0n) is 13.1. The Morgan fingerprint density at radius 3 is 2.57 bits per heavy atom. The van der Waals surface area contributed by atoms with Gasteiger partial charge in [-0.2, -0.15) is 4.31 Å². The highest BCUT2D eigenvalue weighted by Crippen LogP contribution is 2.32. The van der Waals surface area contributed by atoms with E-state index in [2.05, 4.69) is 12.2 Å². The summed E-state index contributed by atoms with van der Waals surface area (Å²) in [6.07, 6.45) is 4.12. The molecule has 1 aliphatic heterocycles. The van der Waals surface area contributed by atoms with Crippen molar-refractivity contribution in [3.05, 3.63) is 17.0 Å². The smallest absolute Gasteiger partial charge is 0.253 e. The highest BCUT2D eigenvalue weighted by molar-refractivity contribution is 7.91. The maximum absolute atomic E-state index is 12.9. The first kappa shape index (κ1) is 16.9. The van der Waals surface area contributed by atoms with Crippen molar-refractivity contribution in [2.45, 2.75) is 69.3 Å². The van der Waals surface area contributed by atoms with Crippen LogP contribution in [0.25, 0.3) is 0 Å². The first-order chi connectivity index (χ1) is 9.96. The summed E-state index contributed by atoms with van der Waals surface area (Å²) < 4.78 is 27.9. The Morgan fingerprint density at radius 1 is 1.29 bits per heavy atom. The van der Waals surface area contributed by atoms with E-state index < -0.39 is 10.0 Å². The first-order valence-corrected chi connectivity index (χ1v) is 10.1. The lowest BCUT2D eigenvalue weighted by Gasteiger charge is -2.37. The van der Waals surface area contributed by atoms with E-state index in [9.17, 15) is 8.42 Å². The molecule has 6 heteroatoms. The van der Waals surface area contributed by atoms with Gasteiger partial charge in [0, 0.05) is 23.5 Å². The van der Waals surface area contributed by atoms with Crippen LogP contribution in [-0.4, -0.2) is 31.4 Å². The van der Waals surface area contributed by atoms with Crippen molar-refractivity contribution in [1.82, 2.24) is 9.62 Å². The van der Waals surface area contributed by atoms with E-state index in [1.165, 1.54) is 11.3 Å². The average molecular weight is 331 g/mol. The fourth-order valence-electron chi connectivity index (χ4n) is 2.96. The summed E-state index contributed by atoms with van der Waals surface area (Å²) in [5, 5.41) is 3.32. The van der Waals surface area contributed by atoms with E-state index in [0.29, 0.717) is 4.21 Å². The summed E-state index contributed by atoms with van der Waals surface area (Å²) in [5.41, 5.74) is 0. The van der Waals surface area contributed by atoms with Gasteiger partial charge in [0.2, 0.25) is 0 Å². The zero-order valence-corrected chi connectivity index (χ0v) is 14.8. The van der Waals surface area contributed by atoms with Crippen LogP contribution >= 0.6 is 11.3 Å². The predicted molar refractivity (Wildman–Crippen MR) is 88.1 cm³/mol. The number of hydrogen-bond acceptors (Lipinski definition) is 4. The number of piperidine rings is 1. The Kier molecular flexibility index (Phi) is 5.82. The van der Waals surface area contributed by atoms with Gasteiger partial charge in [-0.05, 0) is 51.8 Å². The van der Waals surface area contributed by atoms with Crippen LogP contribution in [-0.2, 0) is 16.6 Å². The summed E-state index contributed by atoms with van der Waals surface area (Å²) in [7, 11) is -3.35. The van der Waals surface area contributed by atoms with Gasteiger partial charge < -0.3 is 5.32 Å². The largest absolute Gasteiger partial charge is 0.312 e. The van der Waals surface area contributed by atoms with Gasteiger partial charge in [-0.25, -0.2) is 8.42 Å². The van der Waals surface area contributed by atoms with Crippen molar-refractivity contribution < 1.29 is 8.42 Å². The monoisotopic (exact) mass is 330 g/mol. The van der Waals surface area contributed by atoms with Crippen LogP contribution < -0.4 is 5.32 Å². The maximum atomic E-state index is 12.9. The molecule has 2 heterocycles. The molecule has 21 heavy (non-hydrogen) atoms. The minimum absolute atomic E-state index is 0.0996. The normalized spacial score (nSPS) is 24.3. The molecule has 2 atom stereocenters. The number of thiophene rings is 1. The molecule has 0 radical (unpaired) electrons. The molecule has 1 N–H and O–H groups in total. The van der Waals surface area contributed by atoms with Crippen LogP contribution in [0.5, 0.6) is 0 Å². The SMILES string of the molecule is CCCNCc1ccc(S(=O)(=O)N2C(C)CCCC2C)s1. The van der Waals surface area contributed by atoms with Gasteiger partial charge in [0.05, 0.1) is 0 Å². The quantitative estimate of drug-likeness (QED) is 0.815. The van der Waals surface area contributed by atoms with Crippen LogP contribution in [0.15, 0.2) is 16.3 Å². The van der Waals surface area contributed by atoms with Gasteiger partial charge in [0.15, 0.2) is 0 Å². The lowest BCUT2D eigenvalue weighted by Crippen LogP contribution is -2.47. The lowest BCUT2D eigenvalue weighted by atomic mass is 10.0. The molecule has 1 fully saturated rings. The molecule has 1 saturated heterocycles. The van der Waals surface area contributed by atoms with Gasteiger partial charge in [-0.15, -0.1) is 11.3 Å². The zero-order chi connectivity index (χ0) is 15.5. The summed E-state index contributed by atoms with van der Waals surface area (Å²) in [6, 6.07) is 3.89. The van der Waals surface area contributed by atoms with Gasteiger partial charge in [-0.1, -0.05) is 13.3 Å². The Morgan fingerprint density at radius 2 is 1.95 bits per heavy atom. The van der Waals surface area contributed by atoms with Crippen molar-refractivity contribution in [3.8, 4) is 0 Å². The molecule has 0 bridgehead atoms. The topological polar surface area (TPSA) is 49.4 Å². The molecule has 4 nitrogen and oxygen atoms in total. The molecule has 2 unspecified atom stereocenters. The molecule has 0 aromatic carbocycles. The Hall–Kier alpha value is -0.430. The number of nitrogens with one attached hydrogen (secondary N) is 1. The predicted octanol–water partition coefficient (Wildman–Crippen LogP) is 3.20. The molecule has 0 amide bonds. The summed E-state index contributed by atoms with van der Waals surface area (Å²) in [6.45, 7) is 7.87. The van der Waals surface area contributed by atoms with Crippen LogP contribution in [0, 0.1) is 0 Å². The van der Waals surface area contributed by atoms with E-state index in [4.69, 9.17) is 0 Å². The van der Waals surface area contributed by atoms with Gasteiger partial charge >= 0.3 is 0 Å². The molecule has 0 spiro atoms. The van der Waals surface area contributed by atoms with E-state index in [0.717, 1.165) is 43.6 Å². The third-order valence-corrected chi connectivity index (χ3v) is 7.69. The molecule has 120 valence electrons. The van der Waals surface area contributed by atoms with Crippen molar-refractivity contribution >= 4 is 21.4 Å². The number of nitrogens with zero attached hydrogens (tertiary/aromatic N) is 1. The highest BCUT2D eigenvalue weighted by Gasteiger charge is 2.36. The molecule has 1 aromatic heterocycles. The second kappa shape index (κ2) is 7.22. The Labute approximate surface area is 132 Å². The fourth-order valence-corrected chi connectivity index (χ4v) is 6.27. The van der Waals surface area contributed by atoms with Gasteiger partial charge in [0.1, 0.15) is 4.21 Å². The molecular formula is C15H26N2O2S2. The van der Waals surface area contributed by atoms with E-state index in [1.807, 2.05) is 19.9 Å². The molecule has 0 saturated carbocycles. The lowest BCUT2D eigenvalue weighted by molar-refractivity contribution is 0.204. The highest BCUT2D eigenvalue weighted by atomic mass is 32.2. The Bertz CT molecular complexity index is 544. The molecule has 2 rings (SSSR count). The van der Waals surface area contributed by atoms with Crippen molar-refractivity contribution in [2.24, 2.45) is 0 Å². The van der Waals surface area contributed by atoms with Crippen molar-refractivity contribution in [3.63, 3.8) is 0 Å². The summed E-state index contributed by atoms with van der Waals surface area (Å²) >= 11 is 1.40. The van der Waals surface area contributed by atoms with Crippen LogP contribution in [0.3, 0.4) is 0 Å². The molecule has 0 aliphatic carbocycles. The van der Waals surface area contributed by atoms with Crippen molar-refractivity contribution in [1.29, 1.82) is 0 Å². The Balaban J connectivity index is 2.15. The van der Waals surface area contributed by atoms with Gasteiger partial charge in [-0.3, -0.25) is 0 Å². The van der Waals surface area contributed by atoms with Crippen LogP contribution in [0.2, 0.25) is 0 Å². The standard InChI is InChI=1S/C15H26N2O2S2/c1-4-10-16-11-14-8-9-15(20-14)21(18,19)17-12(2)6-5-7-13(17)3/h8-9,12-13,16H,4-7,10-11H2,1-3H3. The first-order valence-electron chi connectivity index (χ1n) is 7.79. The number of rotatable bonds is 6. The molecule has 1 aromatic rings. The fraction of sp³-hybridized carbons (Fsp3) is 0.733. The maximum Gasteiger partial charge on any atom is 0.253 e. The second-order valence-electron chi connectivity index (χ2n) is 5.86. The number of hydrogen-bond donors (Lipinski definition) is 1. The minimum atomic E-state index is -3.35. The third-order valence-electron chi connectivity index (χ3n) is 4.01.